The van der Waals surface area contributed by atoms with Crippen molar-refractivity contribution in [3.8, 4) is 0 Å². The van der Waals surface area contributed by atoms with E-state index in [1.807, 2.05) is 40.9 Å². The number of benzene rings is 2. The Morgan fingerprint density at radius 3 is 2.55 bits per heavy atom. The third-order valence-corrected chi connectivity index (χ3v) is 8.09. The zero-order valence-electron chi connectivity index (χ0n) is 19.5. The highest BCUT2D eigenvalue weighted by Crippen LogP contribution is 2.35. The fourth-order valence-corrected chi connectivity index (χ4v) is 5.84. The molecule has 1 amide bonds. The number of amides is 1. The molecule has 2 aliphatic heterocycles. The number of hydrogen-bond acceptors (Lipinski definition) is 5. The lowest BCUT2D eigenvalue weighted by atomic mass is 9.84. The highest BCUT2D eigenvalue weighted by atomic mass is 32.2. The number of aryl methyl sites for hydroxylation is 2. The molecule has 1 N–H and O–H groups in total. The standard InChI is InChI=1S/C27H32N2O3S/c1-19-3-4-20(2)22(15-19)18-28-9-7-27(31,8-10-28)23-5-6-24-21(16-23)17-25(32-24)26(30)29-11-13-33-14-12-29/h3-6,15-17,31H,7-14,18H2,1-2H3. The van der Waals surface area contributed by atoms with Gasteiger partial charge in [0.25, 0.3) is 5.91 Å². The van der Waals surface area contributed by atoms with E-state index >= 15 is 0 Å². The van der Waals surface area contributed by atoms with Gasteiger partial charge in [-0.25, -0.2) is 0 Å². The number of aliphatic hydroxyl groups is 1. The topological polar surface area (TPSA) is 56.9 Å². The first-order valence-electron chi connectivity index (χ1n) is 11.8. The zero-order valence-corrected chi connectivity index (χ0v) is 20.3. The monoisotopic (exact) mass is 464 g/mol. The Bertz CT molecular complexity index is 1160. The number of likely N-dealkylation sites (tertiary alicyclic amines) is 1. The van der Waals surface area contributed by atoms with Crippen LogP contribution in [-0.4, -0.2) is 58.5 Å². The van der Waals surface area contributed by atoms with Crippen LogP contribution in [0.2, 0.25) is 0 Å². The van der Waals surface area contributed by atoms with Crippen molar-refractivity contribution >= 4 is 28.6 Å². The van der Waals surface area contributed by atoms with Crippen LogP contribution in [0.25, 0.3) is 11.0 Å². The molecule has 0 unspecified atom stereocenters. The molecule has 2 saturated heterocycles. The number of rotatable bonds is 4. The van der Waals surface area contributed by atoms with Gasteiger partial charge in [-0.3, -0.25) is 9.69 Å². The van der Waals surface area contributed by atoms with E-state index in [2.05, 4.69) is 36.9 Å². The maximum Gasteiger partial charge on any atom is 0.289 e. The van der Waals surface area contributed by atoms with Gasteiger partial charge >= 0.3 is 0 Å². The molecule has 3 heterocycles. The molecule has 5 rings (SSSR count). The lowest BCUT2D eigenvalue weighted by Crippen LogP contribution is -2.42. The second kappa shape index (κ2) is 9.16. The first kappa shape index (κ1) is 22.5. The maximum atomic E-state index is 12.8. The fourth-order valence-electron chi connectivity index (χ4n) is 4.94. The van der Waals surface area contributed by atoms with E-state index in [4.69, 9.17) is 4.42 Å². The van der Waals surface area contributed by atoms with Crippen LogP contribution in [0.4, 0.5) is 0 Å². The minimum Gasteiger partial charge on any atom is -0.451 e. The Balaban J connectivity index is 1.28. The van der Waals surface area contributed by atoms with Crippen LogP contribution in [0, 0.1) is 13.8 Å². The summed E-state index contributed by atoms with van der Waals surface area (Å²) in [5.41, 5.74) is 4.73. The number of carbonyl (C=O) groups excluding carboxylic acids is 1. The third kappa shape index (κ3) is 4.70. The Morgan fingerprint density at radius 1 is 1.03 bits per heavy atom. The Labute approximate surface area is 199 Å². The summed E-state index contributed by atoms with van der Waals surface area (Å²) in [6.07, 6.45) is 1.39. The Hall–Kier alpha value is -2.28. The lowest BCUT2D eigenvalue weighted by molar-refractivity contribution is -0.0276. The number of fused-ring (bicyclic) bond motifs is 1. The molecule has 6 heteroatoms. The Kier molecular flexibility index (Phi) is 6.25. The van der Waals surface area contributed by atoms with E-state index in [-0.39, 0.29) is 5.91 Å². The summed E-state index contributed by atoms with van der Waals surface area (Å²) < 4.78 is 5.87. The van der Waals surface area contributed by atoms with Gasteiger partial charge in [0.2, 0.25) is 0 Å². The summed E-state index contributed by atoms with van der Waals surface area (Å²) >= 11 is 1.88. The molecule has 1 aromatic heterocycles. The smallest absolute Gasteiger partial charge is 0.289 e. The summed E-state index contributed by atoms with van der Waals surface area (Å²) in [6.45, 7) is 8.46. The number of piperidine rings is 1. The first-order chi connectivity index (χ1) is 15.9. The number of nitrogens with zero attached hydrogens (tertiary/aromatic N) is 2. The molecule has 2 aromatic carbocycles. The molecule has 0 spiro atoms. The van der Waals surface area contributed by atoms with E-state index in [1.54, 1.807) is 0 Å². The average Bonchev–Trinajstić information content (AvgIpc) is 3.26. The summed E-state index contributed by atoms with van der Waals surface area (Å²) in [7, 11) is 0. The SMILES string of the molecule is Cc1ccc(C)c(CN2CCC(O)(c3ccc4oc(C(=O)N5CCSCC5)cc4c3)CC2)c1. The van der Waals surface area contributed by atoms with Gasteiger partial charge < -0.3 is 14.4 Å². The normalized spacial score (nSPS) is 19.2. The van der Waals surface area contributed by atoms with Gasteiger partial charge in [-0.15, -0.1) is 0 Å². The van der Waals surface area contributed by atoms with Crippen LogP contribution in [0.5, 0.6) is 0 Å². The van der Waals surface area contributed by atoms with Crippen molar-refractivity contribution in [2.24, 2.45) is 0 Å². The van der Waals surface area contributed by atoms with Crippen LogP contribution in [0.1, 0.15) is 45.7 Å². The molecular formula is C27H32N2O3S. The second-order valence-electron chi connectivity index (χ2n) is 9.51. The number of carbonyl (C=O) groups is 1. The number of furan rings is 1. The van der Waals surface area contributed by atoms with E-state index in [0.29, 0.717) is 24.2 Å². The zero-order chi connectivity index (χ0) is 23.0. The molecular weight excluding hydrogens is 432 g/mol. The van der Waals surface area contributed by atoms with Gasteiger partial charge in [-0.1, -0.05) is 29.8 Å². The van der Waals surface area contributed by atoms with Gasteiger partial charge in [-0.05, 0) is 61.6 Å². The third-order valence-electron chi connectivity index (χ3n) is 7.14. The summed E-state index contributed by atoms with van der Waals surface area (Å²) in [5.74, 6) is 2.31. The molecule has 33 heavy (non-hydrogen) atoms. The first-order valence-corrected chi connectivity index (χ1v) is 13.0. The molecule has 0 saturated carbocycles. The van der Waals surface area contributed by atoms with Crippen LogP contribution in [0.15, 0.2) is 46.9 Å². The number of hydrogen-bond donors (Lipinski definition) is 1. The van der Waals surface area contributed by atoms with Gasteiger partial charge in [0.05, 0.1) is 5.60 Å². The minimum absolute atomic E-state index is 0.0356. The predicted octanol–water partition coefficient (Wildman–Crippen LogP) is 4.72. The average molecular weight is 465 g/mol. The molecule has 2 fully saturated rings. The Morgan fingerprint density at radius 2 is 1.79 bits per heavy atom. The van der Waals surface area contributed by atoms with E-state index in [9.17, 15) is 9.90 Å². The summed E-state index contributed by atoms with van der Waals surface area (Å²) in [4.78, 5) is 17.1. The molecule has 3 aromatic rings. The molecule has 2 aliphatic rings. The van der Waals surface area contributed by atoms with Crippen molar-refractivity contribution in [1.29, 1.82) is 0 Å². The highest BCUT2D eigenvalue weighted by Gasteiger charge is 2.34. The molecule has 0 aliphatic carbocycles. The molecule has 0 bridgehead atoms. The highest BCUT2D eigenvalue weighted by molar-refractivity contribution is 7.99. The second-order valence-corrected chi connectivity index (χ2v) is 10.7. The van der Waals surface area contributed by atoms with E-state index in [1.165, 1.54) is 16.7 Å². The van der Waals surface area contributed by atoms with Crippen molar-refractivity contribution in [2.75, 3.05) is 37.7 Å². The number of thioether (sulfide) groups is 1. The van der Waals surface area contributed by atoms with Crippen molar-refractivity contribution in [3.63, 3.8) is 0 Å². The van der Waals surface area contributed by atoms with Crippen LogP contribution >= 0.6 is 11.8 Å². The van der Waals surface area contributed by atoms with Crippen LogP contribution in [-0.2, 0) is 12.1 Å². The van der Waals surface area contributed by atoms with Crippen molar-refractivity contribution < 1.29 is 14.3 Å². The molecule has 0 atom stereocenters. The summed E-state index contributed by atoms with van der Waals surface area (Å²) in [5, 5.41) is 12.4. The van der Waals surface area contributed by atoms with Crippen molar-refractivity contribution in [3.05, 3.63) is 70.5 Å². The molecule has 174 valence electrons. The molecule has 0 radical (unpaired) electrons. The van der Waals surface area contributed by atoms with Crippen molar-refractivity contribution in [1.82, 2.24) is 9.80 Å². The van der Waals surface area contributed by atoms with Gasteiger partial charge in [0.15, 0.2) is 5.76 Å². The van der Waals surface area contributed by atoms with Crippen LogP contribution < -0.4 is 0 Å². The van der Waals surface area contributed by atoms with E-state index in [0.717, 1.165) is 55.2 Å². The molecule has 5 nitrogen and oxygen atoms in total. The predicted molar refractivity (Wildman–Crippen MR) is 134 cm³/mol. The minimum atomic E-state index is -0.849. The summed E-state index contributed by atoms with van der Waals surface area (Å²) in [6, 6.07) is 14.3. The fraction of sp³-hybridized carbons (Fsp3) is 0.444. The van der Waals surface area contributed by atoms with Gasteiger partial charge in [0, 0.05) is 49.6 Å². The van der Waals surface area contributed by atoms with Crippen LogP contribution in [0.3, 0.4) is 0 Å². The van der Waals surface area contributed by atoms with Crippen molar-refractivity contribution in [2.45, 2.75) is 38.8 Å². The van der Waals surface area contributed by atoms with Gasteiger partial charge in [0.1, 0.15) is 5.58 Å². The van der Waals surface area contributed by atoms with Gasteiger partial charge in [-0.2, -0.15) is 11.8 Å². The quantitative estimate of drug-likeness (QED) is 0.605. The van der Waals surface area contributed by atoms with E-state index < -0.39 is 5.60 Å². The maximum absolute atomic E-state index is 12.8. The largest absolute Gasteiger partial charge is 0.451 e. The lowest BCUT2D eigenvalue weighted by Gasteiger charge is -2.38.